The maximum Gasteiger partial charge on any atom is 0.323 e. The fourth-order valence-corrected chi connectivity index (χ4v) is 1.51. The van der Waals surface area contributed by atoms with Crippen LogP contribution in [0.3, 0.4) is 0 Å². The number of benzene rings is 1. The summed E-state index contributed by atoms with van der Waals surface area (Å²) < 4.78 is 5.33. The Morgan fingerprint density at radius 2 is 1.80 bits per heavy atom. The van der Waals surface area contributed by atoms with E-state index in [1.165, 1.54) is 0 Å². The van der Waals surface area contributed by atoms with Crippen molar-refractivity contribution < 1.29 is 24.2 Å². The highest BCUT2D eigenvalue weighted by atomic mass is 16.5. The van der Waals surface area contributed by atoms with E-state index in [-0.39, 0.29) is 13.0 Å². The molecule has 0 radical (unpaired) electrons. The van der Waals surface area contributed by atoms with Gasteiger partial charge in [0.1, 0.15) is 12.3 Å². The average molecular weight is 280 g/mol. The van der Waals surface area contributed by atoms with Crippen molar-refractivity contribution in [1.29, 1.82) is 0 Å². The largest absolute Gasteiger partial charge is 0.493 e. The number of amides is 2. The molecule has 3 N–H and O–H groups in total. The lowest BCUT2D eigenvalue weighted by Gasteiger charge is -2.18. The van der Waals surface area contributed by atoms with Crippen molar-refractivity contribution in [2.45, 2.75) is 6.42 Å². The molecule has 0 aromatic heterocycles. The first-order valence-corrected chi connectivity index (χ1v) is 5.94. The van der Waals surface area contributed by atoms with Gasteiger partial charge in [-0.25, -0.2) is 0 Å². The van der Waals surface area contributed by atoms with Gasteiger partial charge in [-0.1, -0.05) is 18.2 Å². The first-order chi connectivity index (χ1) is 9.49. The van der Waals surface area contributed by atoms with E-state index in [1.54, 1.807) is 24.3 Å². The van der Waals surface area contributed by atoms with E-state index in [1.807, 2.05) is 6.07 Å². The Bertz CT molecular complexity index is 459. The number of rotatable bonds is 8. The molecule has 0 fully saturated rings. The summed E-state index contributed by atoms with van der Waals surface area (Å²) in [5.41, 5.74) is 4.97. The molecule has 0 aliphatic heterocycles. The Morgan fingerprint density at radius 1 is 1.15 bits per heavy atom. The van der Waals surface area contributed by atoms with E-state index in [4.69, 9.17) is 15.6 Å². The van der Waals surface area contributed by atoms with Crippen molar-refractivity contribution in [3.63, 3.8) is 0 Å². The number of primary amides is 1. The summed E-state index contributed by atoms with van der Waals surface area (Å²) in [6, 6.07) is 8.90. The molecule has 0 bridgehead atoms. The zero-order valence-electron chi connectivity index (χ0n) is 10.8. The Balaban J connectivity index is 2.45. The van der Waals surface area contributed by atoms with Gasteiger partial charge in [-0.15, -0.1) is 0 Å². The van der Waals surface area contributed by atoms with Crippen LogP contribution in [0.4, 0.5) is 0 Å². The Hall–Kier alpha value is -2.57. The van der Waals surface area contributed by atoms with Crippen LogP contribution in [0.5, 0.6) is 5.75 Å². The van der Waals surface area contributed by atoms with Crippen molar-refractivity contribution in [3.05, 3.63) is 30.3 Å². The average Bonchev–Trinajstić information content (AvgIpc) is 2.38. The summed E-state index contributed by atoms with van der Waals surface area (Å²) in [6.45, 7) is -0.888. The van der Waals surface area contributed by atoms with Crippen LogP contribution >= 0.6 is 0 Å². The van der Waals surface area contributed by atoms with E-state index >= 15 is 0 Å². The molecule has 0 heterocycles. The summed E-state index contributed by atoms with van der Waals surface area (Å²) >= 11 is 0. The number of hydrogen-bond donors (Lipinski definition) is 2. The van der Waals surface area contributed by atoms with Crippen molar-refractivity contribution in [2.75, 3.05) is 19.7 Å². The molecule has 0 saturated carbocycles. The molecule has 7 heteroatoms. The van der Waals surface area contributed by atoms with Crippen molar-refractivity contribution >= 4 is 17.8 Å². The smallest absolute Gasteiger partial charge is 0.323 e. The molecule has 0 spiro atoms. The lowest BCUT2D eigenvalue weighted by molar-refractivity contribution is -0.145. The second kappa shape index (κ2) is 7.78. The van der Waals surface area contributed by atoms with Crippen LogP contribution in [0.25, 0.3) is 0 Å². The zero-order valence-corrected chi connectivity index (χ0v) is 10.8. The van der Waals surface area contributed by atoms with Gasteiger partial charge in [0.15, 0.2) is 0 Å². The monoisotopic (exact) mass is 280 g/mol. The molecule has 0 atom stereocenters. The molecule has 1 aromatic rings. The minimum atomic E-state index is -1.21. The predicted octanol–water partition coefficient (Wildman–Crippen LogP) is -0.146. The van der Waals surface area contributed by atoms with Gasteiger partial charge >= 0.3 is 5.97 Å². The number of aliphatic carboxylic acids is 1. The number of para-hydroxylation sites is 1. The van der Waals surface area contributed by atoms with Crippen LogP contribution in [0.15, 0.2) is 30.3 Å². The van der Waals surface area contributed by atoms with Crippen LogP contribution in [-0.2, 0) is 14.4 Å². The number of nitrogens with zero attached hydrogens (tertiary/aromatic N) is 1. The lowest BCUT2D eigenvalue weighted by Crippen LogP contribution is -2.41. The van der Waals surface area contributed by atoms with Crippen LogP contribution in [0.2, 0.25) is 0 Å². The van der Waals surface area contributed by atoms with Gasteiger partial charge in [0.05, 0.1) is 19.6 Å². The molecule has 0 aliphatic rings. The van der Waals surface area contributed by atoms with Crippen LogP contribution in [0, 0.1) is 0 Å². The van der Waals surface area contributed by atoms with Gasteiger partial charge in [0.25, 0.3) is 0 Å². The summed E-state index contributed by atoms with van der Waals surface area (Å²) in [4.78, 5) is 34.1. The molecule has 2 amide bonds. The van der Waals surface area contributed by atoms with Crippen molar-refractivity contribution in [1.82, 2.24) is 4.90 Å². The number of carboxylic acids is 1. The molecule has 0 unspecified atom stereocenters. The van der Waals surface area contributed by atoms with E-state index in [2.05, 4.69) is 0 Å². The molecular formula is C13H16N2O5. The summed E-state index contributed by atoms with van der Waals surface area (Å²) in [7, 11) is 0. The minimum absolute atomic E-state index is 0.0323. The maximum atomic E-state index is 11.8. The van der Waals surface area contributed by atoms with Crippen molar-refractivity contribution in [2.24, 2.45) is 5.73 Å². The summed E-state index contributed by atoms with van der Waals surface area (Å²) in [5.74, 6) is -1.85. The third kappa shape index (κ3) is 5.85. The van der Waals surface area contributed by atoms with Gasteiger partial charge in [0, 0.05) is 0 Å². The molecule has 20 heavy (non-hydrogen) atoms. The van der Waals surface area contributed by atoms with E-state index < -0.39 is 30.9 Å². The second-order valence-corrected chi connectivity index (χ2v) is 4.02. The van der Waals surface area contributed by atoms with Gasteiger partial charge in [-0.2, -0.15) is 0 Å². The number of carbonyl (C=O) groups is 3. The third-order valence-corrected chi connectivity index (χ3v) is 2.35. The number of carboxylic acid groups (broad SMARTS) is 1. The number of nitrogens with two attached hydrogens (primary N) is 1. The number of hydrogen-bond acceptors (Lipinski definition) is 4. The number of carbonyl (C=O) groups excluding carboxylic acids is 2. The highest BCUT2D eigenvalue weighted by Gasteiger charge is 2.18. The highest BCUT2D eigenvalue weighted by Crippen LogP contribution is 2.08. The van der Waals surface area contributed by atoms with Crippen LogP contribution < -0.4 is 10.5 Å². The Morgan fingerprint density at radius 3 is 2.35 bits per heavy atom. The third-order valence-electron chi connectivity index (χ3n) is 2.35. The fourth-order valence-electron chi connectivity index (χ4n) is 1.51. The Labute approximate surface area is 115 Å². The van der Waals surface area contributed by atoms with E-state index in [9.17, 15) is 14.4 Å². The molecule has 1 aromatic carbocycles. The Kier molecular flexibility index (Phi) is 6.02. The topological polar surface area (TPSA) is 110 Å². The fraction of sp³-hybridized carbons (Fsp3) is 0.308. The summed E-state index contributed by atoms with van der Waals surface area (Å²) in [5, 5.41) is 8.67. The number of ether oxygens (including phenoxy) is 1. The van der Waals surface area contributed by atoms with E-state index in [0.717, 1.165) is 4.90 Å². The zero-order chi connectivity index (χ0) is 15.0. The standard InChI is InChI=1S/C13H16N2O5/c14-11(16)8-15(9-13(18)19)12(17)6-7-20-10-4-2-1-3-5-10/h1-5H,6-9H2,(H2,14,16)(H,18,19). The normalized spacial score (nSPS) is 9.80. The first-order valence-electron chi connectivity index (χ1n) is 5.94. The second-order valence-electron chi connectivity index (χ2n) is 4.02. The molecule has 7 nitrogen and oxygen atoms in total. The van der Waals surface area contributed by atoms with Gasteiger partial charge in [0.2, 0.25) is 11.8 Å². The van der Waals surface area contributed by atoms with Crippen LogP contribution in [0.1, 0.15) is 6.42 Å². The van der Waals surface area contributed by atoms with Gasteiger partial charge < -0.3 is 20.5 Å². The first kappa shape index (κ1) is 15.5. The highest BCUT2D eigenvalue weighted by molar-refractivity contribution is 5.86. The van der Waals surface area contributed by atoms with Gasteiger partial charge in [-0.05, 0) is 12.1 Å². The maximum absolute atomic E-state index is 11.8. The van der Waals surface area contributed by atoms with E-state index in [0.29, 0.717) is 5.75 Å². The quantitative estimate of drug-likeness (QED) is 0.688. The lowest BCUT2D eigenvalue weighted by atomic mass is 10.3. The molecule has 0 saturated heterocycles. The molecule has 0 aliphatic carbocycles. The summed E-state index contributed by atoms with van der Waals surface area (Å²) in [6.07, 6.45) is -0.0323. The SMILES string of the molecule is NC(=O)CN(CC(=O)O)C(=O)CCOc1ccccc1. The van der Waals surface area contributed by atoms with Gasteiger partial charge in [-0.3, -0.25) is 14.4 Å². The van der Waals surface area contributed by atoms with Crippen LogP contribution in [-0.4, -0.2) is 47.5 Å². The molecule has 1 rings (SSSR count). The molecule has 108 valence electrons. The van der Waals surface area contributed by atoms with Crippen molar-refractivity contribution in [3.8, 4) is 5.75 Å². The molecular weight excluding hydrogens is 264 g/mol. The predicted molar refractivity (Wildman–Crippen MR) is 70.0 cm³/mol. The minimum Gasteiger partial charge on any atom is -0.493 e.